The van der Waals surface area contributed by atoms with Gasteiger partial charge >= 0.3 is 0 Å². The highest BCUT2D eigenvalue weighted by Gasteiger charge is 2.17. The van der Waals surface area contributed by atoms with Crippen molar-refractivity contribution in [3.63, 3.8) is 0 Å². The molecule has 5 heteroatoms. The summed E-state index contributed by atoms with van der Waals surface area (Å²) < 4.78 is 5.20. The zero-order valence-corrected chi connectivity index (χ0v) is 14.1. The molecule has 0 aliphatic carbocycles. The van der Waals surface area contributed by atoms with Gasteiger partial charge in [0, 0.05) is 12.3 Å². The lowest BCUT2D eigenvalue weighted by Crippen LogP contribution is -2.26. The first-order chi connectivity index (χ1) is 11.1. The fourth-order valence-electron chi connectivity index (χ4n) is 2.29. The fourth-order valence-corrected chi connectivity index (χ4v) is 2.29. The molecule has 0 saturated heterocycles. The number of aryl methyl sites for hydroxylation is 1. The predicted octanol–water partition coefficient (Wildman–Crippen LogP) is 3.78. The van der Waals surface area contributed by atoms with Gasteiger partial charge in [-0.25, -0.2) is 0 Å². The molecule has 124 valence electrons. The van der Waals surface area contributed by atoms with E-state index in [1.54, 1.807) is 0 Å². The van der Waals surface area contributed by atoms with E-state index in [4.69, 9.17) is 4.52 Å². The molecule has 0 radical (unpaired) electrons. The summed E-state index contributed by atoms with van der Waals surface area (Å²) in [6.45, 7) is 5.87. The largest absolute Gasteiger partial charge is 0.345 e. The number of carbonyl (C=O) groups excluding carboxylic acids is 1. The maximum absolute atomic E-state index is 12.0. The first-order valence-corrected chi connectivity index (χ1v) is 8.23. The Kier molecular flexibility index (Phi) is 6.32. The van der Waals surface area contributed by atoms with Crippen molar-refractivity contribution >= 4 is 5.91 Å². The van der Waals surface area contributed by atoms with Crippen molar-refractivity contribution in [2.75, 3.05) is 0 Å². The molecule has 0 aliphatic heterocycles. The van der Waals surface area contributed by atoms with Crippen LogP contribution in [-0.2, 0) is 11.2 Å². The second-order valence-corrected chi connectivity index (χ2v) is 6.13. The minimum atomic E-state index is -0.253. The summed E-state index contributed by atoms with van der Waals surface area (Å²) in [5.74, 6) is 1.37. The van der Waals surface area contributed by atoms with E-state index in [-0.39, 0.29) is 17.9 Å². The summed E-state index contributed by atoms with van der Waals surface area (Å²) in [5, 5.41) is 6.83. The van der Waals surface area contributed by atoms with E-state index in [2.05, 4.69) is 27.6 Å². The van der Waals surface area contributed by atoms with E-state index in [9.17, 15) is 4.79 Å². The van der Waals surface area contributed by atoms with Gasteiger partial charge in [-0.05, 0) is 31.7 Å². The van der Waals surface area contributed by atoms with Crippen LogP contribution in [0, 0.1) is 0 Å². The number of nitrogens with zero attached hydrogens (tertiary/aromatic N) is 2. The van der Waals surface area contributed by atoms with Crippen LogP contribution in [0.4, 0.5) is 0 Å². The van der Waals surface area contributed by atoms with Gasteiger partial charge < -0.3 is 9.84 Å². The summed E-state index contributed by atoms with van der Waals surface area (Å²) in [5.41, 5.74) is 1.31. The van der Waals surface area contributed by atoms with Gasteiger partial charge in [-0.15, -0.1) is 0 Å². The molecular formula is C18H25N3O2. The van der Waals surface area contributed by atoms with E-state index in [0.29, 0.717) is 18.1 Å². The molecule has 0 bridgehead atoms. The zero-order valence-electron chi connectivity index (χ0n) is 14.1. The SMILES string of the molecule is CC(C)c1noc([C@H](C)NC(=O)CCCCc2ccccc2)n1. The Balaban J connectivity index is 1.69. The Morgan fingerprint density at radius 2 is 1.91 bits per heavy atom. The van der Waals surface area contributed by atoms with Crippen LogP contribution in [0.1, 0.15) is 69.3 Å². The lowest BCUT2D eigenvalue weighted by molar-refractivity contribution is -0.122. The minimum Gasteiger partial charge on any atom is -0.345 e. The maximum Gasteiger partial charge on any atom is 0.248 e. The third-order valence-electron chi connectivity index (χ3n) is 3.68. The molecule has 0 fully saturated rings. The zero-order chi connectivity index (χ0) is 16.7. The van der Waals surface area contributed by atoms with Crippen LogP contribution < -0.4 is 5.32 Å². The topological polar surface area (TPSA) is 68.0 Å². The van der Waals surface area contributed by atoms with E-state index >= 15 is 0 Å². The van der Waals surface area contributed by atoms with Crippen LogP contribution in [0.2, 0.25) is 0 Å². The number of hydrogen-bond donors (Lipinski definition) is 1. The van der Waals surface area contributed by atoms with Crippen molar-refractivity contribution in [2.45, 2.75) is 58.4 Å². The van der Waals surface area contributed by atoms with Crippen LogP contribution >= 0.6 is 0 Å². The smallest absolute Gasteiger partial charge is 0.248 e. The second-order valence-electron chi connectivity index (χ2n) is 6.13. The first-order valence-electron chi connectivity index (χ1n) is 8.23. The Morgan fingerprint density at radius 3 is 2.57 bits per heavy atom. The van der Waals surface area contributed by atoms with Gasteiger partial charge in [0.2, 0.25) is 11.8 Å². The number of amides is 1. The molecule has 1 atom stereocenters. The van der Waals surface area contributed by atoms with Gasteiger partial charge in [-0.3, -0.25) is 4.79 Å². The van der Waals surface area contributed by atoms with Crippen LogP contribution in [0.25, 0.3) is 0 Å². The highest BCUT2D eigenvalue weighted by molar-refractivity contribution is 5.76. The highest BCUT2D eigenvalue weighted by atomic mass is 16.5. The summed E-state index contributed by atoms with van der Waals surface area (Å²) in [7, 11) is 0. The van der Waals surface area contributed by atoms with Crippen molar-refractivity contribution in [2.24, 2.45) is 0 Å². The number of unbranched alkanes of at least 4 members (excludes halogenated alkanes) is 1. The molecule has 0 saturated carbocycles. The molecule has 2 aromatic rings. The van der Waals surface area contributed by atoms with E-state index < -0.39 is 0 Å². The average molecular weight is 315 g/mol. The molecule has 0 unspecified atom stereocenters. The van der Waals surface area contributed by atoms with E-state index in [1.807, 2.05) is 39.0 Å². The van der Waals surface area contributed by atoms with Crippen LogP contribution in [0.15, 0.2) is 34.9 Å². The summed E-state index contributed by atoms with van der Waals surface area (Å²) >= 11 is 0. The molecule has 23 heavy (non-hydrogen) atoms. The van der Waals surface area contributed by atoms with Gasteiger partial charge in [0.15, 0.2) is 5.82 Å². The maximum atomic E-state index is 12.0. The molecule has 2 rings (SSSR count). The molecule has 0 spiro atoms. The number of benzene rings is 1. The van der Waals surface area contributed by atoms with Crippen molar-refractivity contribution in [1.29, 1.82) is 0 Å². The third-order valence-corrected chi connectivity index (χ3v) is 3.68. The minimum absolute atomic E-state index is 0.0230. The molecule has 1 amide bonds. The Morgan fingerprint density at radius 1 is 1.17 bits per heavy atom. The summed E-state index contributed by atoms with van der Waals surface area (Å²) in [4.78, 5) is 16.3. The fraction of sp³-hybridized carbons (Fsp3) is 0.500. The van der Waals surface area contributed by atoms with Gasteiger partial charge in [0.25, 0.3) is 0 Å². The molecular weight excluding hydrogens is 290 g/mol. The molecule has 1 aromatic carbocycles. The van der Waals surface area contributed by atoms with E-state index in [0.717, 1.165) is 19.3 Å². The lowest BCUT2D eigenvalue weighted by Gasteiger charge is -2.09. The van der Waals surface area contributed by atoms with Crippen molar-refractivity contribution in [3.8, 4) is 0 Å². The van der Waals surface area contributed by atoms with Crippen molar-refractivity contribution in [1.82, 2.24) is 15.5 Å². The van der Waals surface area contributed by atoms with Crippen molar-refractivity contribution < 1.29 is 9.32 Å². The van der Waals surface area contributed by atoms with Gasteiger partial charge in [-0.2, -0.15) is 4.98 Å². The number of nitrogens with one attached hydrogen (secondary N) is 1. The molecule has 1 aromatic heterocycles. The summed E-state index contributed by atoms with van der Waals surface area (Å²) in [6.07, 6.45) is 3.39. The Bertz CT molecular complexity index is 608. The number of rotatable bonds is 8. The Hall–Kier alpha value is -2.17. The predicted molar refractivity (Wildman–Crippen MR) is 88.9 cm³/mol. The highest BCUT2D eigenvalue weighted by Crippen LogP contribution is 2.15. The van der Waals surface area contributed by atoms with E-state index in [1.165, 1.54) is 5.56 Å². The number of carbonyl (C=O) groups is 1. The van der Waals surface area contributed by atoms with Gasteiger partial charge in [0.1, 0.15) is 6.04 Å². The standard InChI is InChI=1S/C18H25N3O2/c1-13(2)17-20-18(23-21-17)14(3)19-16(22)12-8-7-11-15-9-5-4-6-10-15/h4-6,9-10,13-14H,7-8,11-12H2,1-3H3,(H,19,22)/t14-/m0/s1. The summed E-state index contributed by atoms with van der Waals surface area (Å²) in [6, 6.07) is 10.1. The molecule has 1 heterocycles. The molecule has 1 N–H and O–H groups in total. The molecule has 0 aliphatic rings. The third kappa shape index (κ3) is 5.51. The number of hydrogen-bond acceptors (Lipinski definition) is 4. The quantitative estimate of drug-likeness (QED) is 0.753. The Labute approximate surface area is 137 Å². The van der Waals surface area contributed by atoms with Crippen LogP contribution in [-0.4, -0.2) is 16.0 Å². The van der Waals surface area contributed by atoms with Crippen molar-refractivity contribution in [3.05, 3.63) is 47.6 Å². The van der Waals surface area contributed by atoms with Crippen LogP contribution in [0.3, 0.4) is 0 Å². The van der Waals surface area contributed by atoms with Gasteiger partial charge in [-0.1, -0.05) is 49.3 Å². The number of aromatic nitrogens is 2. The normalized spacial score (nSPS) is 12.3. The average Bonchev–Trinajstić information content (AvgIpc) is 3.03. The lowest BCUT2D eigenvalue weighted by atomic mass is 10.1. The molecule has 5 nitrogen and oxygen atoms in total. The van der Waals surface area contributed by atoms with Crippen LogP contribution in [0.5, 0.6) is 0 Å². The first kappa shape index (κ1) is 17.2. The second kappa shape index (κ2) is 8.46. The monoisotopic (exact) mass is 315 g/mol. The van der Waals surface area contributed by atoms with Gasteiger partial charge in [0.05, 0.1) is 0 Å².